The van der Waals surface area contributed by atoms with E-state index in [4.69, 9.17) is 4.74 Å². The van der Waals surface area contributed by atoms with Crippen LogP contribution in [0.1, 0.15) is 23.2 Å². The van der Waals surface area contributed by atoms with E-state index in [-0.39, 0.29) is 17.9 Å². The van der Waals surface area contributed by atoms with Crippen LogP contribution >= 0.6 is 0 Å². The van der Waals surface area contributed by atoms with Crippen molar-refractivity contribution in [3.8, 4) is 5.75 Å². The Morgan fingerprint density at radius 1 is 1.36 bits per heavy atom. The zero-order valence-electron chi connectivity index (χ0n) is 16.6. The topological polar surface area (TPSA) is 79.7 Å². The van der Waals surface area contributed by atoms with Gasteiger partial charge in [-0.3, -0.25) is 9.59 Å². The van der Waals surface area contributed by atoms with Crippen molar-refractivity contribution in [3.63, 3.8) is 0 Å². The van der Waals surface area contributed by atoms with Crippen molar-refractivity contribution < 1.29 is 14.3 Å². The van der Waals surface area contributed by atoms with Crippen LogP contribution in [0.15, 0.2) is 36.9 Å². The number of carbonyl (C=O) groups excluding carboxylic acids is 2. The van der Waals surface area contributed by atoms with E-state index in [0.29, 0.717) is 25.1 Å². The number of benzene rings is 1. The van der Waals surface area contributed by atoms with Gasteiger partial charge in [-0.05, 0) is 24.6 Å². The van der Waals surface area contributed by atoms with E-state index in [1.54, 1.807) is 37.6 Å². The first-order valence-electron chi connectivity index (χ1n) is 9.39. The molecule has 1 N–H and O–H groups in total. The number of fused-ring (bicyclic) bond motifs is 1. The van der Waals surface area contributed by atoms with E-state index in [2.05, 4.69) is 10.3 Å². The Bertz CT molecular complexity index is 819. The molecule has 0 radical (unpaired) electrons. The maximum absolute atomic E-state index is 12.3. The highest BCUT2D eigenvalue weighted by Crippen LogP contribution is 2.34. The van der Waals surface area contributed by atoms with E-state index < -0.39 is 0 Å². The highest BCUT2D eigenvalue weighted by molar-refractivity contribution is 5.95. The quantitative estimate of drug-likeness (QED) is 0.729. The molecule has 1 aliphatic heterocycles. The van der Waals surface area contributed by atoms with Crippen LogP contribution in [0.3, 0.4) is 0 Å². The summed E-state index contributed by atoms with van der Waals surface area (Å²) in [6.07, 6.45) is 6.60. The normalized spacial score (nSPS) is 15.5. The number of imidazole rings is 1. The second kappa shape index (κ2) is 8.77. The minimum atomic E-state index is -0.0779. The zero-order chi connectivity index (χ0) is 20.1. The summed E-state index contributed by atoms with van der Waals surface area (Å²) >= 11 is 0. The molecule has 1 aromatic carbocycles. The lowest BCUT2D eigenvalue weighted by molar-refractivity contribution is -0.121. The van der Waals surface area contributed by atoms with Crippen molar-refractivity contribution in [1.29, 1.82) is 0 Å². The van der Waals surface area contributed by atoms with Crippen molar-refractivity contribution in [2.75, 3.05) is 39.2 Å². The number of aromatic nitrogens is 2. The molecule has 150 valence electrons. The van der Waals surface area contributed by atoms with Crippen LogP contribution in [-0.4, -0.2) is 66.6 Å². The van der Waals surface area contributed by atoms with Gasteiger partial charge in [-0.1, -0.05) is 0 Å². The Balaban J connectivity index is 1.54. The van der Waals surface area contributed by atoms with Gasteiger partial charge in [-0.25, -0.2) is 4.98 Å². The third-order valence-corrected chi connectivity index (χ3v) is 4.87. The van der Waals surface area contributed by atoms with Crippen LogP contribution in [0, 0.1) is 0 Å². The first-order chi connectivity index (χ1) is 13.5. The van der Waals surface area contributed by atoms with Crippen molar-refractivity contribution in [3.05, 3.63) is 42.5 Å². The molecule has 0 fully saturated rings. The van der Waals surface area contributed by atoms with Gasteiger partial charge in [0.1, 0.15) is 12.4 Å². The molecule has 8 nitrogen and oxygen atoms in total. The molecule has 8 heteroatoms. The fraction of sp³-hybridized carbons (Fsp3) is 0.450. The van der Waals surface area contributed by atoms with Gasteiger partial charge >= 0.3 is 0 Å². The number of anilines is 1. The largest absolute Gasteiger partial charge is 0.489 e. The first kappa shape index (κ1) is 19.7. The Morgan fingerprint density at radius 2 is 2.18 bits per heavy atom. The Morgan fingerprint density at radius 3 is 2.89 bits per heavy atom. The van der Waals surface area contributed by atoms with E-state index in [0.717, 1.165) is 24.4 Å². The van der Waals surface area contributed by atoms with Crippen molar-refractivity contribution in [1.82, 2.24) is 19.8 Å². The second-order valence-corrected chi connectivity index (χ2v) is 7.17. The van der Waals surface area contributed by atoms with Gasteiger partial charge in [-0.15, -0.1) is 0 Å². The van der Waals surface area contributed by atoms with Crippen molar-refractivity contribution >= 4 is 17.5 Å². The van der Waals surface area contributed by atoms with Gasteiger partial charge in [0.2, 0.25) is 5.91 Å². The lowest BCUT2D eigenvalue weighted by Crippen LogP contribution is -2.44. The average molecular weight is 385 g/mol. The maximum atomic E-state index is 12.3. The fourth-order valence-corrected chi connectivity index (χ4v) is 3.19. The minimum Gasteiger partial charge on any atom is -0.489 e. The van der Waals surface area contributed by atoms with Crippen LogP contribution < -0.4 is 15.0 Å². The van der Waals surface area contributed by atoms with E-state index >= 15 is 0 Å². The summed E-state index contributed by atoms with van der Waals surface area (Å²) in [5.41, 5.74) is 1.43. The summed E-state index contributed by atoms with van der Waals surface area (Å²) < 4.78 is 7.80. The van der Waals surface area contributed by atoms with Crippen LogP contribution in [0.2, 0.25) is 0 Å². The number of nitrogens with one attached hydrogen (secondary N) is 1. The molecule has 1 aliphatic rings. The Hall–Kier alpha value is -3.03. The summed E-state index contributed by atoms with van der Waals surface area (Å²) in [6.45, 7) is 1.88. The molecule has 0 spiro atoms. The number of aryl methyl sites for hydroxylation is 1. The predicted octanol–water partition coefficient (Wildman–Crippen LogP) is 1.38. The highest BCUT2D eigenvalue weighted by Gasteiger charge is 2.27. The average Bonchev–Trinajstić information content (AvgIpc) is 3.20. The second-order valence-electron chi connectivity index (χ2n) is 7.17. The summed E-state index contributed by atoms with van der Waals surface area (Å²) in [7, 11) is 5.38. The molecule has 0 saturated carbocycles. The molecule has 0 bridgehead atoms. The van der Waals surface area contributed by atoms with E-state index in [9.17, 15) is 9.59 Å². The SMILES string of the molecule is CN(C)C(=O)c1ccc2c(c1)N(C)C(CC(=O)NCCCn1ccnc1)CO2. The van der Waals surface area contributed by atoms with Crippen molar-refractivity contribution in [2.45, 2.75) is 25.4 Å². The molecule has 1 atom stereocenters. The van der Waals surface area contributed by atoms with E-state index in [1.807, 2.05) is 34.8 Å². The summed E-state index contributed by atoms with van der Waals surface area (Å²) in [4.78, 5) is 32.1. The number of carbonyl (C=O) groups is 2. The lowest BCUT2D eigenvalue weighted by atomic mass is 10.1. The monoisotopic (exact) mass is 385 g/mol. The predicted molar refractivity (Wildman–Crippen MR) is 107 cm³/mol. The third kappa shape index (κ3) is 4.62. The standard InChI is InChI=1S/C20H27N5O3/c1-23(2)20(27)15-5-6-18-17(11-15)24(3)16(13-28-18)12-19(26)22-7-4-9-25-10-8-21-14-25/h5-6,8,10-11,14,16H,4,7,9,12-13H2,1-3H3,(H,22,26). The zero-order valence-corrected chi connectivity index (χ0v) is 16.6. The number of nitrogens with zero attached hydrogens (tertiary/aromatic N) is 4. The number of rotatable bonds is 7. The van der Waals surface area contributed by atoms with Gasteiger partial charge in [-0.2, -0.15) is 0 Å². The number of amides is 2. The van der Waals surface area contributed by atoms with Crippen LogP contribution in [0.4, 0.5) is 5.69 Å². The summed E-state index contributed by atoms with van der Waals surface area (Å²) in [6, 6.07) is 5.33. The molecule has 0 aliphatic carbocycles. The van der Waals surface area contributed by atoms with Gasteiger partial charge in [0.15, 0.2) is 0 Å². The molecule has 2 amide bonds. The van der Waals surface area contributed by atoms with Gasteiger partial charge < -0.3 is 24.4 Å². The highest BCUT2D eigenvalue weighted by atomic mass is 16.5. The molecular formula is C20H27N5O3. The van der Waals surface area contributed by atoms with Gasteiger partial charge in [0, 0.05) is 52.2 Å². The van der Waals surface area contributed by atoms with Crippen LogP contribution in [0.25, 0.3) is 0 Å². The van der Waals surface area contributed by atoms with Crippen LogP contribution in [-0.2, 0) is 11.3 Å². The number of ether oxygens (including phenoxy) is 1. The smallest absolute Gasteiger partial charge is 0.253 e. The molecule has 0 saturated heterocycles. The van der Waals surface area contributed by atoms with Crippen LogP contribution in [0.5, 0.6) is 5.75 Å². The number of likely N-dealkylation sites (N-methyl/N-ethyl adjacent to an activating group) is 1. The third-order valence-electron chi connectivity index (χ3n) is 4.87. The fourth-order valence-electron chi connectivity index (χ4n) is 3.19. The number of hydrogen-bond donors (Lipinski definition) is 1. The molecule has 2 heterocycles. The molecular weight excluding hydrogens is 358 g/mol. The Labute approximate surface area is 165 Å². The van der Waals surface area contributed by atoms with Gasteiger partial charge in [0.25, 0.3) is 5.91 Å². The molecule has 28 heavy (non-hydrogen) atoms. The molecule has 1 aromatic heterocycles. The summed E-state index contributed by atoms with van der Waals surface area (Å²) in [5.74, 6) is 0.666. The number of hydrogen-bond acceptors (Lipinski definition) is 5. The lowest BCUT2D eigenvalue weighted by Gasteiger charge is -2.35. The Kier molecular flexibility index (Phi) is 6.18. The maximum Gasteiger partial charge on any atom is 0.253 e. The molecule has 2 aromatic rings. The van der Waals surface area contributed by atoms with Gasteiger partial charge in [0.05, 0.1) is 24.5 Å². The molecule has 1 unspecified atom stereocenters. The minimum absolute atomic E-state index is 0.00458. The first-order valence-corrected chi connectivity index (χ1v) is 9.39. The van der Waals surface area contributed by atoms with E-state index in [1.165, 1.54) is 0 Å². The summed E-state index contributed by atoms with van der Waals surface area (Å²) in [5, 5.41) is 2.97. The molecule has 3 rings (SSSR count). The van der Waals surface area contributed by atoms with Crippen molar-refractivity contribution in [2.24, 2.45) is 0 Å².